The second-order valence-electron chi connectivity index (χ2n) is 10.7. The molecule has 0 aliphatic carbocycles. The molecule has 0 unspecified atom stereocenters. The summed E-state index contributed by atoms with van der Waals surface area (Å²) in [4.78, 5) is 4.27. The average molecular weight is 625 g/mol. The van der Waals surface area contributed by atoms with Crippen LogP contribution in [-0.4, -0.2) is 22.9 Å². The SMILES string of the molecule is CC1(C)c2ccccc2N(c2ccccc2)c2ccc(-c3ccc(-c4ccc(C=C(C#N)C#N)s4)c4n[se]nc34)cc21. The number of hydrogen-bond acceptors (Lipinski definition) is 6. The summed E-state index contributed by atoms with van der Waals surface area (Å²) in [7, 11) is 0. The zero-order valence-electron chi connectivity index (χ0n) is 22.9. The first kappa shape index (κ1) is 26.1. The Morgan fingerprint density at radius 1 is 0.786 bits per heavy atom. The zero-order valence-corrected chi connectivity index (χ0v) is 25.4. The van der Waals surface area contributed by atoms with Gasteiger partial charge >= 0.3 is 255 Å². The van der Waals surface area contributed by atoms with E-state index in [0.29, 0.717) is 0 Å². The van der Waals surface area contributed by atoms with Gasteiger partial charge in [-0.25, -0.2) is 0 Å². The van der Waals surface area contributed by atoms with E-state index in [9.17, 15) is 0 Å². The van der Waals surface area contributed by atoms with Crippen LogP contribution in [0.3, 0.4) is 0 Å². The molecular formula is C35H23N5SSe. The molecule has 0 atom stereocenters. The Hall–Kier alpha value is -4.78. The van der Waals surface area contributed by atoms with Crippen molar-refractivity contribution in [1.82, 2.24) is 7.96 Å². The Balaban J connectivity index is 1.36. The fourth-order valence-corrected chi connectivity index (χ4v) is 8.01. The second kappa shape index (κ2) is 10.2. The van der Waals surface area contributed by atoms with Gasteiger partial charge in [-0.05, 0) is 0 Å². The number of allylic oxidation sites excluding steroid dienone is 1. The number of fused-ring (bicyclic) bond motifs is 3. The molecule has 6 aromatic rings. The summed E-state index contributed by atoms with van der Waals surface area (Å²) in [6, 6.07) is 38.1. The monoisotopic (exact) mass is 625 g/mol. The average Bonchev–Trinajstić information content (AvgIpc) is 3.71. The Morgan fingerprint density at radius 2 is 1.48 bits per heavy atom. The molecule has 0 radical (unpaired) electrons. The number of thiophene rings is 1. The van der Waals surface area contributed by atoms with Crippen molar-refractivity contribution in [3.8, 4) is 33.7 Å². The van der Waals surface area contributed by atoms with E-state index >= 15 is 0 Å². The van der Waals surface area contributed by atoms with Gasteiger partial charge in [0, 0.05) is 0 Å². The van der Waals surface area contributed by atoms with E-state index in [1.54, 1.807) is 17.4 Å². The molecule has 5 nitrogen and oxygen atoms in total. The van der Waals surface area contributed by atoms with Gasteiger partial charge in [-0.15, -0.1) is 0 Å². The number of anilines is 3. The van der Waals surface area contributed by atoms with Crippen molar-refractivity contribution in [1.29, 1.82) is 10.5 Å². The van der Waals surface area contributed by atoms with Crippen molar-refractivity contribution in [2.45, 2.75) is 19.3 Å². The van der Waals surface area contributed by atoms with E-state index in [2.05, 4.69) is 104 Å². The van der Waals surface area contributed by atoms with Gasteiger partial charge in [-0.2, -0.15) is 0 Å². The minimum absolute atomic E-state index is 0.0933. The third kappa shape index (κ3) is 4.19. The van der Waals surface area contributed by atoms with Crippen LogP contribution >= 0.6 is 11.3 Å². The summed E-state index contributed by atoms with van der Waals surface area (Å²) in [6.07, 6.45) is 1.62. The molecule has 7 rings (SSSR count). The quantitative estimate of drug-likeness (QED) is 0.145. The van der Waals surface area contributed by atoms with Gasteiger partial charge in [0.05, 0.1) is 0 Å². The summed E-state index contributed by atoms with van der Waals surface area (Å²) >= 11 is 1.33. The van der Waals surface area contributed by atoms with Gasteiger partial charge in [0.1, 0.15) is 0 Å². The van der Waals surface area contributed by atoms with Crippen LogP contribution in [0.25, 0.3) is 38.7 Å². The van der Waals surface area contributed by atoms with Crippen LogP contribution in [-0.2, 0) is 5.41 Å². The normalized spacial score (nSPS) is 13.1. The van der Waals surface area contributed by atoms with Gasteiger partial charge in [-0.3, -0.25) is 0 Å². The molecule has 0 spiro atoms. The summed E-state index contributed by atoms with van der Waals surface area (Å²) in [6.45, 7) is 4.61. The number of rotatable bonds is 4. The first-order valence-corrected chi connectivity index (χ1v) is 15.8. The molecular weight excluding hydrogens is 601 g/mol. The van der Waals surface area contributed by atoms with Crippen LogP contribution in [0.5, 0.6) is 0 Å². The van der Waals surface area contributed by atoms with E-state index in [1.807, 2.05) is 24.3 Å². The second-order valence-corrected chi connectivity index (χ2v) is 12.9. The summed E-state index contributed by atoms with van der Waals surface area (Å²) < 4.78 is 9.72. The molecule has 2 aromatic heterocycles. The van der Waals surface area contributed by atoms with Crippen LogP contribution < -0.4 is 4.90 Å². The van der Waals surface area contributed by atoms with Gasteiger partial charge in [-0.1, -0.05) is 0 Å². The van der Waals surface area contributed by atoms with Gasteiger partial charge < -0.3 is 0 Å². The summed E-state index contributed by atoms with van der Waals surface area (Å²) in [5.41, 5.74) is 11.0. The molecule has 0 amide bonds. The third-order valence-electron chi connectivity index (χ3n) is 7.89. The van der Waals surface area contributed by atoms with E-state index in [1.165, 1.54) is 22.5 Å². The predicted octanol–water partition coefficient (Wildman–Crippen LogP) is 8.62. The van der Waals surface area contributed by atoms with Crippen LogP contribution in [0.15, 0.2) is 103 Å². The van der Waals surface area contributed by atoms with Crippen LogP contribution in [0.2, 0.25) is 0 Å². The maximum absolute atomic E-state index is 9.14. The third-order valence-corrected chi connectivity index (χ3v) is 10.1. The number of nitrogens with zero attached hydrogens (tertiary/aromatic N) is 5. The van der Waals surface area contributed by atoms with E-state index in [-0.39, 0.29) is 25.9 Å². The van der Waals surface area contributed by atoms with Crippen molar-refractivity contribution >= 4 is 60.5 Å². The van der Waals surface area contributed by atoms with Gasteiger partial charge in [0.25, 0.3) is 0 Å². The number of nitriles is 2. The van der Waals surface area contributed by atoms with E-state index in [4.69, 9.17) is 18.5 Å². The summed E-state index contributed by atoms with van der Waals surface area (Å²) in [5, 5.41) is 18.3. The zero-order chi connectivity index (χ0) is 28.8. The summed E-state index contributed by atoms with van der Waals surface area (Å²) in [5.74, 6) is 0. The molecule has 1 aliphatic heterocycles. The Kier molecular flexibility index (Phi) is 6.38. The van der Waals surface area contributed by atoms with Crippen molar-refractivity contribution in [3.63, 3.8) is 0 Å². The molecule has 200 valence electrons. The molecule has 4 aromatic carbocycles. The number of aromatic nitrogens is 2. The predicted molar refractivity (Wildman–Crippen MR) is 171 cm³/mol. The standard InChI is InChI=1S/C35H23N5SSe/c1-35(2)28-10-6-7-11-30(28)40(24-8-4-3-5-9-24)31-16-12-23(19-29(31)35)26-14-15-27(34-33(26)38-42-39-34)32-17-13-25(41-32)18-22(20-36)21-37/h3-19H,1-2H3. The number of para-hydroxylation sites is 2. The molecule has 0 fully saturated rings. The fraction of sp³-hybridized carbons (Fsp3) is 0.0857. The number of hydrogen-bond donors (Lipinski definition) is 0. The van der Waals surface area contributed by atoms with Crippen LogP contribution in [0.4, 0.5) is 17.1 Å². The molecule has 3 heterocycles. The van der Waals surface area contributed by atoms with Gasteiger partial charge in [0.15, 0.2) is 0 Å². The molecule has 0 saturated heterocycles. The molecule has 42 heavy (non-hydrogen) atoms. The van der Waals surface area contributed by atoms with E-state index in [0.717, 1.165) is 43.2 Å². The molecule has 7 heteroatoms. The van der Waals surface area contributed by atoms with Crippen molar-refractivity contribution in [3.05, 3.63) is 119 Å². The van der Waals surface area contributed by atoms with E-state index < -0.39 is 0 Å². The van der Waals surface area contributed by atoms with Crippen LogP contribution in [0, 0.1) is 22.7 Å². The minimum atomic E-state index is -0.210. The van der Waals surface area contributed by atoms with Gasteiger partial charge in [0.2, 0.25) is 0 Å². The van der Waals surface area contributed by atoms with Crippen molar-refractivity contribution in [2.75, 3.05) is 4.90 Å². The Bertz CT molecular complexity index is 2090. The van der Waals surface area contributed by atoms with Crippen molar-refractivity contribution < 1.29 is 0 Å². The maximum atomic E-state index is 9.14. The van der Waals surface area contributed by atoms with Crippen molar-refractivity contribution in [2.24, 2.45) is 0 Å². The molecule has 0 N–H and O–H groups in total. The Labute approximate surface area is 254 Å². The molecule has 1 aliphatic rings. The molecule has 0 saturated carbocycles. The first-order chi connectivity index (χ1) is 20.5. The number of benzene rings is 4. The topological polar surface area (TPSA) is 76.6 Å². The first-order valence-electron chi connectivity index (χ1n) is 13.5. The fourth-order valence-electron chi connectivity index (χ4n) is 5.83. The van der Waals surface area contributed by atoms with Crippen LogP contribution in [0.1, 0.15) is 29.9 Å². The Morgan fingerprint density at radius 3 is 2.26 bits per heavy atom. The molecule has 0 bridgehead atoms.